The van der Waals surface area contributed by atoms with E-state index in [-0.39, 0.29) is 17.6 Å². The van der Waals surface area contributed by atoms with Gasteiger partial charge >= 0.3 is 6.09 Å². The van der Waals surface area contributed by atoms with E-state index >= 15 is 0 Å². The highest BCUT2D eigenvalue weighted by Gasteiger charge is 2.27. The number of H-pyrrole nitrogens is 1. The number of fused-ring (bicyclic) bond motifs is 3. The van der Waals surface area contributed by atoms with Crippen molar-refractivity contribution >= 4 is 22.6 Å². The number of aromatic nitrogens is 3. The molecule has 1 fully saturated rings. The molecule has 5 rings (SSSR count). The van der Waals surface area contributed by atoms with Crippen LogP contribution in [0.3, 0.4) is 0 Å². The number of ether oxygens (including phenoxy) is 1. The van der Waals surface area contributed by atoms with Crippen LogP contribution in [0, 0.1) is 0 Å². The van der Waals surface area contributed by atoms with Gasteiger partial charge in [0.2, 0.25) is 0 Å². The molecule has 0 unspecified atom stereocenters. The fourth-order valence-corrected chi connectivity index (χ4v) is 4.71. The van der Waals surface area contributed by atoms with Crippen LogP contribution < -0.4 is 10.3 Å². The molecule has 0 saturated carbocycles. The van der Waals surface area contributed by atoms with Gasteiger partial charge in [0, 0.05) is 30.6 Å². The highest BCUT2D eigenvalue weighted by atomic mass is 16.5. The van der Waals surface area contributed by atoms with E-state index in [0.29, 0.717) is 31.6 Å². The number of carboxylic acid groups (broad SMARTS) is 1. The lowest BCUT2D eigenvalue weighted by Crippen LogP contribution is -2.37. The van der Waals surface area contributed by atoms with Gasteiger partial charge in [-0.15, -0.1) is 0 Å². The van der Waals surface area contributed by atoms with Crippen LogP contribution in [0.1, 0.15) is 38.3 Å². The van der Waals surface area contributed by atoms with Crippen molar-refractivity contribution in [2.24, 2.45) is 0 Å². The molecule has 1 saturated heterocycles. The number of piperidine rings is 1. The summed E-state index contributed by atoms with van der Waals surface area (Å²) < 4.78 is 7.88. The molecule has 4 aromatic rings. The second kappa shape index (κ2) is 8.27. The predicted molar refractivity (Wildman–Crippen MR) is 126 cm³/mol. The van der Waals surface area contributed by atoms with E-state index in [1.165, 1.54) is 4.90 Å². The largest absolute Gasteiger partial charge is 0.490 e. The van der Waals surface area contributed by atoms with Crippen LogP contribution in [-0.2, 0) is 0 Å². The maximum Gasteiger partial charge on any atom is 0.407 e. The lowest BCUT2D eigenvalue weighted by Gasteiger charge is -2.30. The van der Waals surface area contributed by atoms with Gasteiger partial charge in [0.15, 0.2) is 0 Å². The number of benzene rings is 2. The third-order valence-corrected chi connectivity index (χ3v) is 6.19. The molecule has 1 aliphatic heterocycles. The van der Waals surface area contributed by atoms with Gasteiger partial charge in [-0.1, -0.05) is 30.3 Å². The Bertz CT molecular complexity index is 1400. The van der Waals surface area contributed by atoms with Crippen LogP contribution in [0.4, 0.5) is 4.79 Å². The lowest BCUT2D eigenvalue weighted by molar-refractivity contribution is 0.131. The van der Waals surface area contributed by atoms with E-state index in [1.807, 2.05) is 60.8 Å². The van der Waals surface area contributed by atoms with Crippen molar-refractivity contribution in [2.75, 3.05) is 13.1 Å². The summed E-state index contributed by atoms with van der Waals surface area (Å²) in [6, 6.07) is 15.4. The molecule has 1 aliphatic rings. The number of hydrogen-bond donors (Lipinski definition) is 2. The highest BCUT2D eigenvalue weighted by molar-refractivity contribution is 6.04. The smallest absolute Gasteiger partial charge is 0.407 e. The Morgan fingerprint density at radius 1 is 1.12 bits per heavy atom. The SMILES string of the molecule is CC(C)Oc1ccccc1-c1cccc2nn3c(C4CCN(C(=O)O)CC4)cc(=O)[nH]c3c12. The third kappa shape index (κ3) is 3.82. The maximum absolute atomic E-state index is 12.7. The summed E-state index contributed by atoms with van der Waals surface area (Å²) in [5.74, 6) is 0.832. The topological polar surface area (TPSA) is 99.9 Å². The number of amides is 1. The van der Waals surface area contributed by atoms with Gasteiger partial charge in [-0.05, 0) is 44.4 Å². The van der Waals surface area contributed by atoms with Crippen LogP contribution in [-0.4, -0.2) is 49.9 Å². The van der Waals surface area contributed by atoms with E-state index in [2.05, 4.69) is 4.98 Å². The first-order valence-corrected chi connectivity index (χ1v) is 11.2. The standard InChI is InChI=1S/C25H26N4O4/c1-15(2)33-21-9-4-3-6-17(21)18-7-5-8-19-23(18)24-26-22(30)14-20(29(24)27-19)16-10-12-28(13-11-16)25(31)32/h3-9,14-16H,10-13H2,1-2H3,(H,26,30)(H,31,32). The van der Waals surface area contributed by atoms with Crippen LogP contribution in [0.5, 0.6) is 5.75 Å². The van der Waals surface area contributed by atoms with Crippen molar-refractivity contribution in [3.63, 3.8) is 0 Å². The van der Waals surface area contributed by atoms with E-state index in [1.54, 1.807) is 6.07 Å². The Hall–Kier alpha value is -3.81. The number of likely N-dealkylation sites (tertiary alicyclic amines) is 1. The molecule has 0 bridgehead atoms. The summed E-state index contributed by atoms with van der Waals surface area (Å²) in [5, 5.41) is 15.0. The number of nitrogens with zero attached hydrogens (tertiary/aromatic N) is 3. The Kier molecular flexibility index (Phi) is 5.28. The lowest BCUT2D eigenvalue weighted by atomic mass is 9.93. The molecule has 33 heavy (non-hydrogen) atoms. The Morgan fingerprint density at radius 2 is 1.85 bits per heavy atom. The molecule has 0 spiro atoms. The minimum Gasteiger partial charge on any atom is -0.490 e. The number of rotatable bonds is 4. The zero-order valence-electron chi connectivity index (χ0n) is 18.6. The van der Waals surface area contributed by atoms with Crippen LogP contribution in [0.25, 0.3) is 27.7 Å². The molecule has 3 heterocycles. The summed E-state index contributed by atoms with van der Waals surface area (Å²) in [6.07, 6.45) is 0.427. The van der Waals surface area contributed by atoms with E-state index in [9.17, 15) is 14.7 Å². The van der Waals surface area contributed by atoms with Crippen molar-refractivity contribution in [2.45, 2.75) is 38.7 Å². The van der Waals surface area contributed by atoms with E-state index < -0.39 is 6.09 Å². The monoisotopic (exact) mass is 446 g/mol. The normalized spacial score (nSPS) is 14.9. The van der Waals surface area contributed by atoms with Gasteiger partial charge < -0.3 is 19.7 Å². The van der Waals surface area contributed by atoms with E-state index in [4.69, 9.17) is 9.84 Å². The van der Waals surface area contributed by atoms with Crippen molar-refractivity contribution < 1.29 is 14.6 Å². The molecule has 8 nitrogen and oxygen atoms in total. The highest BCUT2D eigenvalue weighted by Crippen LogP contribution is 2.37. The number of para-hydroxylation sites is 1. The molecule has 1 amide bonds. The van der Waals surface area contributed by atoms with Gasteiger partial charge in [0.1, 0.15) is 11.4 Å². The minimum atomic E-state index is -0.902. The second-order valence-electron chi connectivity index (χ2n) is 8.73. The fraction of sp³-hybridized carbons (Fsp3) is 0.320. The number of carbonyl (C=O) groups is 1. The molecular weight excluding hydrogens is 420 g/mol. The number of aromatic amines is 1. The van der Waals surface area contributed by atoms with Crippen LogP contribution in [0.2, 0.25) is 0 Å². The third-order valence-electron chi connectivity index (χ3n) is 6.19. The van der Waals surface area contributed by atoms with Crippen molar-refractivity contribution in [3.05, 3.63) is 64.6 Å². The first kappa shape index (κ1) is 21.1. The number of hydrogen-bond acceptors (Lipinski definition) is 4. The average Bonchev–Trinajstić information content (AvgIpc) is 3.17. The molecule has 0 aliphatic carbocycles. The molecule has 0 atom stereocenters. The second-order valence-corrected chi connectivity index (χ2v) is 8.73. The first-order chi connectivity index (χ1) is 15.9. The predicted octanol–water partition coefficient (Wildman–Crippen LogP) is 4.49. The van der Waals surface area contributed by atoms with Crippen LogP contribution >= 0.6 is 0 Å². The van der Waals surface area contributed by atoms with Crippen molar-refractivity contribution in [1.82, 2.24) is 19.5 Å². The van der Waals surface area contributed by atoms with Gasteiger partial charge in [-0.25, -0.2) is 9.31 Å². The zero-order valence-corrected chi connectivity index (χ0v) is 18.6. The first-order valence-electron chi connectivity index (χ1n) is 11.2. The summed E-state index contributed by atoms with van der Waals surface area (Å²) >= 11 is 0. The zero-order chi connectivity index (χ0) is 23.1. The van der Waals surface area contributed by atoms with Gasteiger partial charge in [-0.2, -0.15) is 5.10 Å². The molecule has 2 aromatic carbocycles. The Morgan fingerprint density at radius 3 is 2.58 bits per heavy atom. The molecule has 2 aromatic heterocycles. The maximum atomic E-state index is 12.7. The molecular formula is C25H26N4O4. The summed E-state index contributed by atoms with van der Waals surface area (Å²) in [5.41, 5.74) is 3.91. The summed E-state index contributed by atoms with van der Waals surface area (Å²) in [4.78, 5) is 28.4. The fourth-order valence-electron chi connectivity index (χ4n) is 4.71. The van der Waals surface area contributed by atoms with Gasteiger partial charge in [-0.3, -0.25) is 4.79 Å². The average molecular weight is 447 g/mol. The summed E-state index contributed by atoms with van der Waals surface area (Å²) in [7, 11) is 0. The summed E-state index contributed by atoms with van der Waals surface area (Å²) in [6.45, 7) is 4.87. The molecule has 2 N–H and O–H groups in total. The Balaban J connectivity index is 1.68. The number of nitrogens with one attached hydrogen (secondary N) is 1. The molecule has 0 radical (unpaired) electrons. The van der Waals surface area contributed by atoms with Gasteiger partial charge in [0.05, 0.1) is 22.7 Å². The van der Waals surface area contributed by atoms with Crippen LogP contribution in [0.15, 0.2) is 53.3 Å². The quantitative estimate of drug-likeness (QED) is 0.481. The van der Waals surface area contributed by atoms with Crippen molar-refractivity contribution in [1.29, 1.82) is 0 Å². The van der Waals surface area contributed by atoms with Gasteiger partial charge in [0.25, 0.3) is 5.56 Å². The van der Waals surface area contributed by atoms with Crippen molar-refractivity contribution in [3.8, 4) is 16.9 Å². The minimum absolute atomic E-state index is 0.0253. The van der Waals surface area contributed by atoms with E-state index in [0.717, 1.165) is 33.5 Å². The molecule has 170 valence electrons. The Labute approximate surface area is 190 Å². The molecule has 8 heteroatoms.